The first-order chi connectivity index (χ1) is 14.8. The molecule has 154 valence electrons. The molecule has 3 heterocycles. The fourth-order valence-electron chi connectivity index (χ4n) is 3.81. The maximum atomic E-state index is 5.42. The van der Waals surface area contributed by atoms with Crippen LogP contribution >= 0.6 is 0 Å². The van der Waals surface area contributed by atoms with Gasteiger partial charge in [-0.05, 0) is 42.8 Å². The van der Waals surface area contributed by atoms with Crippen LogP contribution in [0.3, 0.4) is 0 Å². The van der Waals surface area contributed by atoms with Crippen molar-refractivity contribution in [1.82, 2.24) is 25.1 Å². The van der Waals surface area contributed by atoms with E-state index in [1.807, 2.05) is 30.6 Å². The molecule has 0 aliphatic carbocycles. The fraction of sp³-hybridized carbons (Fsp3) is 0.318. The van der Waals surface area contributed by atoms with Gasteiger partial charge in [-0.15, -0.1) is 0 Å². The lowest BCUT2D eigenvalue weighted by atomic mass is 10.1. The molecule has 30 heavy (non-hydrogen) atoms. The molecule has 1 saturated heterocycles. The fourth-order valence-corrected chi connectivity index (χ4v) is 3.81. The predicted octanol–water partition coefficient (Wildman–Crippen LogP) is 3.30. The van der Waals surface area contributed by atoms with Crippen LogP contribution in [0.2, 0.25) is 0 Å². The van der Waals surface area contributed by atoms with Crippen molar-refractivity contribution >= 4 is 39.1 Å². The minimum absolute atomic E-state index is 0.579. The maximum absolute atomic E-state index is 5.42. The van der Waals surface area contributed by atoms with Crippen molar-refractivity contribution in [3.63, 3.8) is 0 Å². The highest BCUT2D eigenvalue weighted by molar-refractivity contribution is 5.87. The summed E-state index contributed by atoms with van der Waals surface area (Å²) >= 11 is 0. The largest absolute Gasteiger partial charge is 0.383 e. The maximum Gasteiger partial charge on any atom is 0.227 e. The van der Waals surface area contributed by atoms with Crippen molar-refractivity contribution in [2.75, 3.05) is 50.0 Å². The average Bonchev–Trinajstić information content (AvgIpc) is 3.24. The summed E-state index contributed by atoms with van der Waals surface area (Å²) in [6, 6.07) is 10.2. The van der Waals surface area contributed by atoms with Gasteiger partial charge in [0.25, 0.3) is 0 Å². The number of fused-ring (bicyclic) bond motifs is 2. The first-order valence-corrected chi connectivity index (χ1v) is 10.3. The second-order valence-electron chi connectivity index (χ2n) is 7.55. The van der Waals surface area contributed by atoms with Gasteiger partial charge in [0.05, 0.1) is 30.4 Å². The normalized spacial score (nSPS) is 15.0. The molecule has 2 aromatic carbocycles. The summed E-state index contributed by atoms with van der Waals surface area (Å²) in [5.41, 5.74) is 5.09. The Kier molecular flexibility index (Phi) is 5.17. The van der Waals surface area contributed by atoms with E-state index in [1.54, 1.807) is 0 Å². The third-order valence-electron chi connectivity index (χ3n) is 5.55. The van der Waals surface area contributed by atoms with E-state index in [1.165, 1.54) is 0 Å². The van der Waals surface area contributed by atoms with E-state index in [0.717, 1.165) is 78.1 Å². The monoisotopic (exact) mass is 403 g/mol. The molecule has 8 heteroatoms. The van der Waals surface area contributed by atoms with Crippen LogP contribution in [-0.2, 0) is 4.74 Å². The van der Waals surface area contributed by atoms with Gasteiger partial charge in [-0.2, -0.15) is 5.10 Å². The van der Waals surface area contributed by atoms with E-state index in [4.69, 9.17) is 9.72 Å². The van der Waals surface area contributed by atoms with E-state index in [2.05, 4.69) is 49.8 Å². The highest BCUT2D eigenvalue weighted by Gasteiger charge is 2.11. The topological polar surface area (TPSA) is 91.0 Å². The molecule has 0 amide bonds. The lowest BCUT2D eigenvalue weighted by Gasteiger charge is -2.26. The molecule has 0 spiro atoms. The third kappa shape index (κ3) is 3.92. The number of aromatic amines is 1. The van der Waals surface area contributed by atoms with E-state index in [9.17, 15) is 0 Å². The third-order valence-corrected chi connectivity index (χ3v) is 5.55. The molecule has 0 unspecified atom stereocenters. The Morgan fingerprint density at radius 3 is 2.87 bits per heavy atom. The van der Waals surface area contributed by atoms with E-state index in [0.29, 0.717) is 5.95 Å². The number of aryl methyl sites for hydroxylation is 1. The zero-order chi connectivity index (χ0) is 20.3. The van der Waals surface area contributed by atoms with Crippen LogP contribution in [0.4, 0.5) is 17.3 Å². The molecule has 0 radical (unpaired) electrons. The Bertz CT molecular complexity index is 1170. The standard InChI is InChI=1S/C22H25N7O/c1-15-19(23-6-7-29-8-10-30-11-9-29)5-3-17-13-24-22(27-21(15)17)26-18-4-2-16-14-25-28-20(16)12-18/h2-5,12-14,23H,6-11H2,1H3,(H,25,28)(H,24,26,27). The molecular formula is C22H25N7O. The number of rotatable bonds is 6. The zero-order valence-electron chi connectivity index (χ0n) is 17.0. The van der Waals surface area contributed by atoms with Crippen molar-refractivity contribution in [2.24, 2.45) is 0 Å². The van der Waals surface area contributed by atoms with Gasteiger partial charge in [0.1, 0.15) is 0 Å². The number of hydrogen-bond donors (Lipinski definition) is 3. The van der Waals surface area contributed by atoms with Crippen LogP contribution < -0.4 is 10.6 Å². The van der Waals surface area contributed by atoms with Crippen molar-refractivity contribution in [2.45, 2.75) is 6.92 Å². The summed E-state index contributed by atoms with van der Waals surface area (Å²) in [6.45, 7) is 7.67. The summed E-state index contributed by atoms with van der Waals surface area (Å²) in [5.74, 6) is 0.579. The Labute approximate surface area is 174 Å². The minimum Gasteiger partial charge on any atom is -0.383 e. The van der Waals surface area contributed by atoms with Crippen LogP contribution in [0.5, 0.6) is 0 Å². The molecule has 0 atom stereocenters. The summed E-state index contributed by atoms with van der Waals surface area (Å²) in [7, 11) is 0. The Balaban J connectivity index is 1.32. The molecule has 4 aromatic rings. The molecule has 0 saturated carbocycles. The first-order valence-electron chi connectivity index (χ1n) is 10.3. The summed E-state index contributed by atoms with van der Waals surface area (Å²) < 4.78 is 5.42. The van der Waals surface area contributed by atoms with Crippen LogP contribution in [0.25, 0.3) is 21.8 Å². The number of benzene rings is 2. The van der Waals surface area contributed by atoms with Gasteiger partial charge >= 0.3 is 0 Å². The molecule has 5 rings (SSSR count). The minimum atomic E-state index is 0.579. The van der Waals surface area contributed by atoms with Crippen LogP contribution in [-0.4, -0.2) is 64.5 Å². The number of aromatic nitrogens is 4. The van der Waals surface area contributed by atoms with E-state index >= 15 is 0 Å². The van der Waals surface area contributed by atoms with Gasteiger partial charge in [0.2, 0.25) is 5.95 Å². The quantitative estimate of drug-likeness (QED) is 0.455. The Morgan fingerprint density at radius 2 is 1.97 bits per heavy atom. The van der Waals surface area contributed by atoms with Gasteiger partial charge in [-0.1, -0.05) is 0 Å². The molecule has 2 aromatic heterocycles. The molecule has 1 aliphatic heterocycles. The molecule has 0 bridgehead atoms. The summed E-state index contributed by atoms with van der Waals surface area (Å²) in [5, 5.41) is 16.0. The van der Waals surface area contributed by atoms with Crippen molar-refractivity contribution in [1.29, 1.82) is 0 Å². The molecular weight excluding hydrogens is 378 g/mol. The smallest absolute Gasteiger partial charge is 0.227 e. The van der Waals surface area contributed by atoms with Crippen LogP contribution in [0.1, 0.15) is 5.56 Å². The van der Waals surface area contributed by atoms with Gasteiger partial charge in [0, 0.05) is 54.5 Å². The number of nitrogens with one attached hydrogen (secondary N) is 3. The number of nitrogens with zero attached hydrogens (tertiary/aromatic N) is 4. The second kappa shape index (κ2) is 8.25. The first kappa shape index (κ1) is 18.8. The van der Waals surface area contributed by atoms with Gasteiger partial charge in [-0.25, -0.2) is 9.97 Å². The van der Waals surface area contributed by atoms with Crippen LogP contribution in [0.15, 0.2) is 42.7 Å². The highest BCUT2D eigenvalue weighted by Crippen LogP contribution is 2.26. The molecule has 1 aliphatic rings. The highest BCUT2D eigenvalue weighted by atomic mass is 16.5. The van der Waals surface area contributed by atoms with Crippen molar-refractivity contribution in [3.05, 3.63) is 48.3 Å². The summed E-state index contributed by atoms with van der Waals surface area (Å²) in [6.07, 6.45) is 3.67. The lowest BCUT2D eigenvalue weighted by Crippen LogP contribution is -2.39. The molecule has 1 fully saturated rings. The SMILES string of the molecule is Cc1c(NCCN2CCOCC2)ccc2cnc(Nc3ccc4cn[nH]c4c3)nc12. The van der Waals surface area contributed by atoms with Crippen molar-refractivity contribution < 1.29 is 4.74 Å². The Morgan fingerprint density at radius 1 is 1.10 bits per heavy atom. The zero-order valence-corrected chi connectivity index (χ0v) is 17.0. The molecule has 8 nitrogen and oxygen atoms in total. The summed E-state index contributed by atoms with van der Waals surface area (Å²) in [4.78, 5) is 11.7. The number of H-pyrrole nitrogens is 1. The molecule has 3 N–H and O–H groups in total. The predicted molar refractivity (Wildman–Crippen MR) is 119 cm³/mol. The van der Waals surface area contributed by atoms with Crippen LogP contribution in [0, 0.1) is 6.92 Å². The number of anilines is 3. The van der Waals surface area contributed by atoms with Gasteiger partial charge < -0.3 is 15.4 Å². The Hall–Kier alpha value is -3.23. The van der Waals surface area contributed by atoms with E-state index in [-0.39, 0.29) is 0 Å². The second-order valence-corrected chi connectivity index (χ2v) is 7.55. The number of ether oxygens (including phenoxy) is 1. The number of morpholine rings is 1. The van der Waals surface area contributed by atoms with E-state index < -0.39 is 0 Å². The van der Waals surface area contributed by atoms with Gasteiger partial charge in [-0.3, -0.25) is 10.00 Å². The van der Waals surface area contributed by atoms with Gasteiger partial charge in [0.15, 0.2) is 0 Å². The van der Waals surface area contributed by atoms with Crippen molar-refractivity contribution in [3.8, 4) is 0 Å². The lowest BCUT2D eigenvalue weighted by molar-refractivity contribution is 0.0398. The number of hydrogen-bond acceptors (Lipinski definition) is 7. The average molecular weight is 403 g/mol.